The first-order valence-corrected chi connectivity index (χ1v) is 9.16. The quantitative estimate of drug-likeness (QED) is 0.663. The minimum atomic E-state index is 0.401. The van der Waals surface area contributed by atoms with E-state index in [1.54, 1.807) is 16.8 Å². The van der Waals surface area contributed by atoms with E-state index in [2.05, 4.69) is 51.1 Å². The smallest absolute Gasteiger partial charge is 0.170 e. The van der Waals surface area contributed by atoms with Gasteiger partial charge in [-0.25, -0.2) is 9.50 Å². The standard InChI is InChI=1S/C20H23N5O/c1-2-9-23-10-12-24(13-11-23)18-6-3-16(4-7-18)19-14-21-20-8-5-17(15-26)22-25(19)20/h3-8,14-15H,2,9-13H2,1H3. The van der Waals surface area contributed by atoms with Crippen molar-refractivity contribution in [1.29, 1.82) is 0 Å². The largest absolute Gasteiger partial charge is 0.369 e. The van der Waals surface area contributed by atoms with Crippen molar-refractivity contribution in [2.24, 2.45) is 0 Å². The van der Waals surface area contributed by atoms with Gasteiger partial charge >= 0.3 is 0 Å². The molecule has 1 saturated heterocycles. The van der Waals surface area contributed by atoms with E-state index in [-0.39, 0.29) is 0 Å². The van der Waals surface area contributed by atoms with Gasteiger partial charge in [0.1, 0.15) is 5.69 Å². The van der Waals surface area contributed by atoms with Crippen molar-refractivity contribution in [1.82, 2.24) is 19.5 Å². The molecule has 0 N–H and O–H groups in total. The van der Waals surface area contributed by atoms with Gasteiger partial charge in [-0.3, -0.25) is 9.69 Å². The van der Waals surface area contributed by atoms with Crippen LogP contribution in [-0.2, 0) is 0 Å². The van der Waals surface area contributed by atoms with Crippen LogP contribution in [0.25, 0.3) is 16.9 Å². The SMILES string of the molecule is CCCN1CCN(c2ccc(-c3cnc4ccc(C=O)nn34)cc2)CC1. The maximum atomic E-state index is 11.0. The Labute approximate surface area is 153 Å². The topological polar surface area (TPSA) is 53.7 Å². The van der Waals surface area contributed by atoms with Gasteiger partial charge in [0.05, 0.1) is 11.9 Å². The van der Waals surface area contributed by atoms with E-state index < -0.39 is 0 Å². The molecule has 0 aliphatic carbocycles. The molecule has 0 atom stereocenters. The molecule has 0 saturated carbocycles. The second-order valence-corrected chi connectivity index (χ2v) is 6.67. The zero-order chi connectivity index (χ0) is 17.9. The highest BCUT2D eigenvalue weighted by Crippen LogP contribution is 2.24. The second-order valence-electron chi connectivity index (χ2n) is 6.67. The Kier molecular flexibility index (Phi) is 4.67. The van der Waals surface area contributed by atoms with Gasteiger partial charge < -0.3 is 4.90 Å². The summed E-state index contributed by atoms with van der Waals surface area (Å²) in [6.45, 7) is 7.82. The third-order valence-corrected chi connectivity index (χ3v) is 4.94. The molecule has 4 rings (SSSR count). The lowest BCUT2D eigenvalue weighted by atomic mass is 10.1. The molecule has 1 fully saturated rings. The Morgan fingerprint density at radius 2 is 1.81 bits per heavy atom. The maximum absolute atomic E-state index is 11.0. The van der Waals surface area contributed by atoms with Gasteiger partial charge in [-0.15, -0.1) is 0 Å². The van der Waals surface area contributed by atoms with Gasteiger partial charge in [-0.1, -0.05) is 19.1 Å². The van der Waals surface area contributed by atoms with Crippen LogP contribution in [0, 0.1) is 0 Å². The number of nitrogens with zero attached hydrogens (tertiary/aromatic N) is 5. The summed E-state index contributed by atoms with van der Waals surface area (Å²) in [4.78, 5) is 20.3. The van der Waals surface area contributed by atoms with Crippen LogP contribution in [0.15, 0.2) is 42.6 Å². The molecular weight excluding hydrogens is 326 g/mol. The van der Waals surface area contributed by atoms with E-state index in [0.29, 0.717) is 5.69 Å². The molecule has 26 heavy (non-hydrogen) atoms. The molecule has 0 radical (unpaired) electrons. The first kappa shape index (κ1) is 16.7. The van der Waals surface area contributed by atoms with Crippen LogP contribution in [0.3, 0.4) is 0 Å². The number of benzene rings is 1. The lowest BCUT2D eigenvalue weighted by molar-refractivity contribution is 0.111. The van der Waals surface area contributed by atoms with E-state index in [9.17, 15) is 4.79 Å². The molecule has 3 heterocycles. The summed E-state index contributed by atoms with van der Waals surface area (Å²) in [6.07, 6.45) is 3.77. The Morgan fingerprint density at radius 3 is 2.50 bits per heavy atom. The average molecular weight is 349 g/mol. The Balaban J connectivity index is 1.54. The third kappa shape index (κ3) is 3.20. The first-order chi connectivity index (χ1) is 12.8. The second kappa shape index (κ2) is 7.25. The Morgan fingerprint density at radius 1 is 1.04 bits per heavy atom. The van der Waals surface area contributed by atoms with Gasteiger partial charge in [-0.05, 0) is 37.2 Å². The summed E-state index contributed by atoms with van der Waals surface area (Å²) >= 11 is 0. The number of hydrogen-bond acceptors (Lipinski definition) is 5. The number of piperazine rings is 1. The summed E-state index contributed by atoms with van der Waals surface area (Å²) in [6, 6.07) is 12.0. The Hall–Kier alpha value is -2.73. The zero-order valence-corrected chi connectivity index (χ0v) is 15.0. The monoisotopic (exact) mass is 349 g/mol. The summed E-state index contributed by atoms with van der Waals surface area (Å²) in [5.41, 5.74) is 4.32. The Bertz CT molecular complexity index is 894. The summed E-state index contributed by atoms with van der Waals surface area (Å²) in [5.74, 6) is 0. The van der Waals surface area contributed by atoms with Crippen LogP contribution in [0.1, 0.15) is 23.8 Å². The molecule has 6 nitrogen and oxygen atoms in total. The van der Waals surface area contributed by atoms with E-state index in [4.69, 9.17) is 0 Å². The molecule has 1 aliphatic heterocycles. The number of imidazole rings is 1. The lowest BCUT2D eigenvalue weighted by Gasteiger charge is -2.36. The molecule has 1 aromatic carbocycles. The van der Waals surface area contributed by atoms with E-state index in [1.807, 2.05) is 6.07 Å². The van der Waals surface area contributed by atoms with E-state index >= 15 is 0 Å². The van der Waals surface area contributed by atoms with Gasteiger partial charge in [0.25, 0.3) is 0 Å². The number of anilines is 1. The number of carbonyl (C=O) groups is 1. The number of rotatable bonds is 5. The van der Waals surface area contributed by atoms with Crippen LogP contribution in [0.5, 0.6) is 0 Å². The number of carbonyl (C=O) groups excluding carboxylic acids is 1. The zero-order valence-electron chi connectivity index (χ0n) is 15.0. The molecule has 6 heteroatoms. The fourth-order valence-electron chi connectivity index (χ4n) is 3.54. The molecule has 134 valence electrons. The minimum absolute atomic E-state index is 0.401. The van der Waals surface area contributed by atoms with Gasteiger partial charge in [0.2, 0.25) is 0 Å². The summed E-state index contributed by atoms with van der Waals surface area (Å²) < 4.78 is 1.72. The number of aromatic nitrogens is 3. The molecular formula is C20H23N5O. The van der Waals surface area contributed by atoms with Crippen molar-refractivity contribution in [3.8, 4) is 11.3 Å². The van der Waals surface area contributed by atoms with Crippen LogP contribution < -0.4 is 4.90 Å². The van der Waals surface area contributed by atoms with Crippen molar-refractivity contribution in [3.05, 3.63) is 48.3 Å². The predicted molar refractivity (Wildman–Crippen MR) is 103 cm³/mol. The summed E-state index contributed by atoms with van der Waals surface area (Å²) in [5, 5.41) is 4.34. The average Bonchev–Trinajstić information content (AvgIpc) is 3.12. The van der Waals surface area contributed by atoms with Crippen LogP contribution >= 0.6 is 0 Å². The lowest BCUT2D eigenvalue weighted by Crippen LogP contribution is -2.46. The van der Waals surface area contributed by atoms with Crippen molar-refractivity contribution in [3.63, 3.8) is 0 Å². The predicted octanol–water partition coefficient (Wildman–Crippen LogP) is 2.74. The first-order valence-electron chi connectivity index (χ1n) is 9.16. The van der Waals surface area contributed by atoms with Crippen molar-refractivity contribution in [2.75, 3.05) is 37.6 Å². The summed E-state index contributed by atoms with van der Waals surface area (Å²) in [7, 11) is 0. The fraction of sp³-hybridized carbons (Fsp3) is 0.350. The highest BCUT2D eigenvalue weighted by Gasteiger charge is 2.16. The molecule has 0 spiro atoms. The number of fused-ring (bicyclic) bond motifs is 1. The molecule has 1 aliphatic rings. The molecule has 2 aromatic heterocycles. The molecule has 0 amide bonds. The van der Waals surface area contributed by atoms with Crippen molar-refractivity contribution >= 4 is 17.6 Å². The highest BCUT2D eigenvalue weighted by atomic mass is 16.1. The van der Waals surface area contributed by atoms with E-state index in [1.165, 1.54) is 18.7 Å². The minimum Gasteiger partial charge on any atom is -0.369 e. The fourth-order valence-corrected chi connectivity index (χ4v) is 3.54. The maximum Gasteiger partial charge on any atom is 0.170 e. The van der Waals surface area contributed by atoms with Crippen LogP contribution in [0.4, 0.5) is 5.69 Å². The number of hydrogen-bond donors (Lipinski definition) is 0. The van der Waals surface area contributed by atoms with Crippen LogP contribution in [-0.4, -0.2) is 58.5 Å². The third-order valence-electron chi connectivity index (χ3n) is 4.94. The van der Waals surface area contributed by atoms with E-state index in [0.717, 1.165) is 49.4 Å². The van der Waals surface area contributed by atoms with Crippen LogP contribution in [0.2, 0.25) is 0 Å². The van der Waals surface area contributed by atoms with Gasteiger partial charge in [0.15, 0.2) is 11.9 Å². The van der Waals surface area contributed by atoms with Crippen molar-refractivity contribution in [2.45, 2.75) is 13.3 Å². The van der Waals surface area contributed by atoms with Crippen molar-refractivity contribution < 1.29 is 4.79 Å². The molecule has 0 bridgehead atoms. The highest BCUT2D eigenvalue weighted by molar-refractivity contribution is 5.73. The van der Waals surface area contributed by atoms with Gasteiger partial charge in [-0.2, -0.15) is 5.10 Å². The van der Waals surface area contributed by atoms with Gasteiger partial charge in [0, 0.05) is 37.4 Å². The number of aldehydes is 1. The molecule has 3 aromatic rings. The molecule has 0 unspecified atom stereocenters. The normalized spacial score (nSPS) is 15.5.